The Labute approximate surface area is 202 Å². The summed E-state index contributed by atoms with van der Waals surface area (Å²) in [5.41, 5.74) is 1.33. The van der Waals surface area contributed by atoms with Crippen LogP contribution in [0.2, 0.25) is 0 Å². The van der Waals surface area contributed by atoms with E-state index in [2.05, 4.69) is 10.6 Å². The number of amides is 1. The molecule has 34 heavy (non-hydrogen) atoms. The third-order valence-corrected chi connectivity index (χ3v) is 5.77. The molecular formula is C28H21N3O2S. The van der Waals surface area contributed by atoms with Crippen LogP contribution >= 0.6 is 11.8 Å². The number of nitriles is 1. The summed E-state index contributed by atoms with van der Waals surface area (Å²) in [5.74, 6) is 0.948. The fourth-order valence-corrected chi connectivity index (χ4v) is 3.93. The van der Waals surface area contributed by atoms with Crippen molar-refractivity contribution >= 4 is 29.0 Å². The third kappa shape index (κ3) is 6.28. The van der Waals surface area contributed by atoms with Gasteiger partial charge in [0.05, 0.1) is 5.69 Å². The molecule has 4 aromatic carbocycles. The second-order valence-electron chi connectivity index (χ2n) is 7.12. The average molecular weight is 464 g/mol. The first-order chi connectivity index (χ1) is 16.7. The number of benzene rings is 4. The van der Waals surface area contributed by atoms with Crippen LogP contribution in [0.5, 0.6) is 11.5 Å². The Hall–Kier alpha value is -4.47. The predicted molar refractivity (Wildman–Crippen MR) is 136 cm³/mol. The zero-order valence-electron chi connectivity index (χ0n) is 18.1. The molecular weight excluding hydrogens is 442 g/mol. The van der Waals surface area contributed by atoms with Crippen molar-refractivity contribution in [1.82, 2.24) is 0 Å². The molecule has 0 aromatic heterocycles. The number of para-hydroxylation sites is 2. The van der Waals surface area contributed by atoms with Crippen LogP contribution in [0.4, 0.5) is 11.4 Å². The fraction of sp³-hybridized carbons (Fsp3) is 0. The van der Waals surface area contributed by atoms with Gasteiger partial charge in [0, 0.05) is 21.7 Å². The van der Waals surface area contributed by atoms with E-state index in [0.29, 0.717) is 11.4 Å². The zero-order chi connectivity index (χ0) is 23.6. The second kappa shape index (κ2) is 11.4. The number of nitrogens with one attached hydrogen (secondary N) is 2. The van der Waals surface area contributed by atoms with E-state index in [9.17, 15) is 10.1 Å². The molecule has 6 heteroatoms. The van der Waals surface area contributed by atoms with Gasteiger partial charge in [0.2, 0.25) is 0 Å². The van der Waals surface area contributed by atoms with Gasteiger partial charge in [0.25, 0.3) is 5.91 Å². The maximum atomic E-state index is 12.8. The van der Waals surface area contributed by atoms with Gasteiger partial charge >= 0.3 is 0 Å². The lowest BCUT2D eigenvalue weighted by Crippen LogP contribution is -2.15. The molecule has 0 bridgehead atoms. The van der Waals surface area contributed by atoms with Crippen LogP contribution in [0.25, 0.3) is 0 Å². The van der Waals surface area contributed by atoms with Crippen molar-refractivity contribution < 1.29 is 9.53 Å². The van der Waals surface area contributed by atoms with Crippen molar-refractivity contribution in [3.8, 4) is 17.6 Å². The Bertz CT molecular complexity index is 1320. The van der Waals surface area contributed by atoms with Crippen molar-refractivity contribution in [2.75, 3.05) is 10.6 Å². The van der Waals surface area contributed by atoms with Gasteiger partial charge < -0.3 is 15.4 Å². The van der Waals surface area contributed by atoms with E-state index in [4.69, 9.17) is 4.74 Å². The summed E-state index contributed by atoms with van der Waals surface area (Å²) < 4.78 is 5.78. The molecule has 4 aromatic rings. The van der Waals surface area contributed by atoms with Crippen LogP contribution in [-0.2, 0) is 4.79 Å². The van der Waals surface area contributed by atoms with Gasteiger partial charge in [0.1, 0.15) is 23.1 Å². The van der Waals surface area contributed by atoms with Crippen molar-refractivity contribution in [2.24, 2.45) is 0 Å². The molecule has 0 atom stereocenters. The van der Waals surface area contributed by atoms with E-state index in [1.54, 1.807) is 11.8 Å². The smallest absolute Gasteiger partial charge is 0.267 e. The Kier molecular flexibility index (Phi) is 7.62. The van der Waals surface area contributed by atoms with Crippen LogP contribution in [-0.4, -0.2) is 5.91 Å². The van der Waals surface area contributed by atoms with Crippen molar-refractivity contribution in [1.29, 1.82) is 5.26 Å². The Morgan fingerprint density at radius 3 is 2.12 bits per heavy atom. The predicted octanol–water partition coefficient (Wildman–Crippen LogP) is 7.09. The highest BCUT2D eigenvalue weighted by Gasteiger charge is 2.12. The number of nitrogens with zero attached hydrogens (tertiary/aromatic N) is 1. The van der Waals surface area contributed by atoms with Gasteiger partial charge in [-0.25, -0.2) is 0 Å². The molecule has 0 unspecified atom stereocenters. The van der Waals surface area contributed by atoms with Crippen LogP contribution in [0.3, 0.4) is 0 Å². The molecule has 0 aliphatic heterocycles. The largest absolute Gasteiger partial charge is 0.457 e. The first kappa shape index (κ1) is 22.7. The van der Waals surface area contributed by atoms with Gasteiger partial charge in [-0.3, -0.25) is 4.79 Å². The van der Waals surface area contributed by atoms with E-state index in [0.717, 1.165) is 21.2 Å². The number of anilines is 2. The minimum absolute atomic E-state index is 0.0378. The topological polar surface area (TPSA) is 74.1 Å². The molecule has 2 N–H and O–H groups in total. The summed E-state index contributed by atoms with van der Waals surface area (Å²) >= 11 is 1.54. The molecule has 166 valence electrons. The van der Waals surface area contributed by atoms with E-state index in [1.807, 2.05) is 115 Å². The highest BCUT2D eigenvalue weighted by molar-refractivity contribution is 7.99. The first-order valence-corrected chi connectivity index (χ1v) is 11.4. The monoisotopic (exact) mass is 463 g/mol. The SMILES string of the molecule is N#C/C(=C/Nc1ccc(Oc2ccccc2)cc1)C(=O)Nc1ccccc1Sc1ccccc1. The van der Waals surface area contributed by atoms with Crippen molar-refractivity contribution in [3.05, 3.63) is 121 Å². The summed E-state index contributed by atoms with van der Waals surface area (Å²) in [4.78, 5) is 14.7. The van der Waals surface area contributed by atoms with E-state index >= 15 is 0 Å². The molecule has 4 rings (SSSR count). The number of carbonyl (C=O) groups is 1. The molecule has 0 saturated heterocycles. The summed E-state index contributed by atoms with van der Waals surface area (Å²) in [6.07, 6.45) is 1.40. The summed E-state index contributed by atoms with van der Waals surface area (Å²) in [5, 5.41) is 15.4. The van der Waals surface area contributed by atoms with Gasteiger partial charge in [-0.15, -0.1) is 0 Å². The third-order valence-electron chi connectivity index (χ3n) is 4.69. The van der Waals surface area contributed by atoms with Crippen molar-refractivity contribution in [2.45, 2.75) is 9.79 Å². The number of hydrogen-bond donors (Lipinski definition) is 2. The van der Waals surface area contributed by atoms with Gasteiger partial charge in [-0.05, 0) is 60.7 Å². The number of hydrogen-bond acceptors (Lipinski definition) is 5. The maximum Gasteiger partial charge on any atom is 0.267 e. The lowest BCUT2D eigenvalue weighted by atomic mass is 10.2. The van der Waals surface area contributed by atoms with Crippen molar-refractivity contribution in [3.63, 3.8) is 0 Å². The van der Waals surface area contributed by atoms with Gasteiger partial charge in [0.15, 0.2) is 0 Å². The van der Waals surface area contributed by atoms with Crippen LogP contribution in [0.1, 0.15) is 0 Å². The number of rotatable bonds is 8. The molecule has 0 spiro atoms. The van der Waals surface area contributed by atoms with Gasteiger partial charge in [-0.2, -0.15) is 5.26 Å². The summed E-state index contributed by atoms with van der Waals surface area (Å²) in [6, 6.07) is 36.1. The second-order valence-corrected chi connectivity index (χ2v) is 8.23. The summed E-state index contributed by atoms with van der Waals surface area (Å²) in [6.45, 7) is 0. The molecule has 0 aliphatic rings. The number of ether oxygens (including phenoxy) is 1. The highest BCUT2D eigenvalue weighted by atomic mass is 32.2. The van der Waals surface area contributed by atoms with Crippen LogP contribution in [0.15, 0.2) is 131 Å². The van der Waals surface area contributed by atoms with E-state index in [1.165, 1.54) is 6.20 Å². The molecule has 0 heterocycles. The summed E-state index contributed by atoms with van der Waals surface area (Å²) in [7, 11) is 0. The fourth-order valence-electron chi connectivity index (χ4n) is 3.01. The molecule has 0 radical (unpaired) electrons. The maximum absolute atomic E-state index is 12.8. The van der Waals surface area contributed by atoms with Crippen LogP contribution < -0.4 is 15.4 Å². The Balaban J connectivity index is 1.40. The van der Waals surface area contributed by atoms with Gasteiger partial charge in [-0.1, -0.05) is 60.3 Å². The molecule has 1 amide bonds. The standard InChI is InChI=1S/C28H21N3O2S/c29-19-21(20-30-22-15-17-24(18-16-22)33-23-9-3-1-4-10-23)28(32)31-26-13-7-8-14-27(26)34-25-11-5-2-6-12-25/h1-18,20,30H,(H,31,32)/b21-20-. The molecule has 5 nitrogen and oxygen atoms in total. The highest BCUT2D eigenvalue weighted by Crippen LogP contribution is 2.33. The minimum atomic E-state index is -0.486. The first-order valence-electron chi connectivity index (χ1n) is 10.5. The quantitative estimate of drug-likeness (QED) is 0.216. The Morgan fingerprint density at radius 2 is 1.41 bits per heavy atom. The normalized spacial score (nSPS) is 10.7. The minimum Gasteiger partial charge on any atom is -0.457 e. The lowest BCUT2D eigenvalue weighted by molar-refractivity contribution is -0.112. The lowest BCUT2D eigenvalue weighted by Gasteiger charge is -2.11. The van der Waals surface area contributed by atoms with E-state index < -0.39 is 5.91 Å². The zero-order valence-corrected chi connectivity index (χ0v) is 19.0. The molecule has 0 saturated carbocycles. The molecule has 0 aliphatic carbocycles. The average Bonchev–Trinajstić information content (AvgIpc) is 2.88. The van der Waals surface area contributed by atoms with Crippen LogP contribution in [0, 0.1) is 11.3 Å². The van der Waals surface area contributed by atoms with E-state index in [-0.39, 0.29) is 5.57 Å². The Morgan fingerprint density at radius 1 is 0.794 bits per heavy atom. The molecule has 0 fully saturated rings. The number of carbonyl (C=O) groups excluding carboxylic acids is 1.